The molecule has 4 rings (SSSR count). The van der Waals surface area contributed by atoms with Crippen molar-refractivity contribution in [1.82, 2.24) is 19.7 Å². The highest BCUT2D eigenvalue weighted by molar-refractivity contribution is 5.92. The maximum absolute atomic E-state index is 11.2. The van der Waals surface area contributed by atoms with Gasteiger partial charge in [-0.1, -0.05) is 0 Å². The molecule has 1 atom stereocenters. The van der Waals surface area contributed by atoms with E-state index in [0.717, 1.165) is 37.6 Å². The molecule has 2 N–H and O–H groups in total. The van der Waals surface area contributed by atoms with E-state index < -0.39 is 5.91 Å². The predicted octanol–water partition coefficient (Wildman–Crippen LogP) is 1.49. The van der Waals surface area contributed by atoms with E-state index in [0.29, 0.717) is 17.5 Å². The first-order valence-electron chi connectivity index (χ1n) is 8.12. The fourth-order valence-corrected chi connectivity index (χ4v) is 3.29. The SMILES string of the molecule is NC(=O)c1ccc(N2CCCC(c3nncn3C3CC3)C2)nc1. The maximum Gasteiger partial charge on any atom is 0.250 e. The Kier molecular flexibility index (Phi) is 3.48. The Hall–Kier alpha value is -2.44. The number of pyridine rings is 1. The van der Waals surface area contributed by atoms with Crippen LogP contribution >= 0.6 is 0 Å². The minimum atomic E-state index is -0.446. The molecule has 7 heteroatoms. The number of nitrogens with zero attached hydrogens (tertiary/aromatic N) is 5. The summed E-state index contributed by atoms with van der Waals surface area (Å²) in [5.74, 6) is 1.92. The molecule has 120 valence electrons. The van der Waals surface area contributed by atoms with Crippen LogP contribution in [0, 0.1) is 0 Å². The second-order valence-corrected chi connectivity index (χ2v) is 6.38. The zero-order valence-electron chi connectivity index (χ0n) is 12.9. The van der Waals surface area contributed by atoms with Gasteiger partial charge in [0, 0.05) is 31.2 Å². The van der Waals surface area contributed by atoms with Gasteiger partial charge in [-0.15, -0.1) is 10.2 Å². The number of amides is 1. The Bertz CT molecular complexity index is 706. The first kappa shape index (κ1) is 14.2. The maximum atomic E-state index is 11.2. The van der Waals surface area contributed by atoms with E-state index in [4.69, 9.17) is 5.73 Å². The summed E-state index contributed by atoms with van der Waals surface area (Å²) < 4.78 is 2.25. The molecule has 1 aliphatic heterocycles. The lowest BCUT2D eigenvalue weighted by Gasteiger charge is -2.33. The average Bonchev–Trinajstić information content (AvgIpc) is 3.32. The number of aromatic nitrogens is 4. The normalized spacial score (nSPS) is 21.4. The largest absolute Gasteiger partial charge is 0.366 e. The highest BCUT2D eigenvalue weighted by Gasteiger charge is 2.31. The van der Waals surface area contributed by atoms with Gasteiger partial charge < -0.3 is 15.2 Å². The fourth-order valence-electron chi connectivity index (χ4n) is 3.29. The Morgan fingerprint density at radius 1 is 1.26 bits per heavy atom. The van der Waals surface area contributed by atoms with Gasteiger partial charge in [0.05, 0.1) is 5.56 Å². The van der Waals surface area contributed by atoms with Crippen LogP contribution in [0.25, 0.3) is 0 Å². The van der Waals surface area contributed by atoms with Crippen molar-refractivity contribution in [1.29, 1.82) is 0 Å². The summed E-state index contributed by atoms with van der Waals surface area (Å²) in [4.78, 5) is 17.8. The van der Waals surface area contributed by atoms with E-state index in [1.165, 1.54) is 12.8 Å². The minimum Gasteiger partial charge on any atom is -0.366 e. The Morgan fingerprint density at radius 3 is 2.83 bits per heavy atom. The number of carbonyl (C=O) groups excluding carboxylic acids is 1. The molecule has 1 aliphatic carbocycles. The molecular formula is C16H20N6O. The van der Waals surface area contributed by atoms with Crippen LogP contribution in [0.15, 0.2) is 24.7 Å². The van der Waals surface area contributed by atoms with Gasteiger partial charge in [0.25, 0.3) is 0 Å². The molecule has 2 aliphatic rings. The summed E-state index contributed by atoms with van der Waals surface area (Å²) >= 11 is 0. The summed E-state index contributed by atoms with van der Waals surface area (Å²) in [6.07, 6.45) is 8.11. The monoisotopic (exact) mass is 312 g/mol. The summed E-state index contributed by atoms with van der Waals surface area (Å²) in [7, 11) is 0. The summed E-state index contributed by atoms with van der Waals surface area (Å²) in [5, 5.41) is 8.49. The van der Waals surface area contributed by atoms with Crippen LogP contribution in [0.2, 0.25) is 0 Å². The van der Waals surface area contributed by atoms with E-state index in [9.17, 15) is 4.79 Å². The molecule has 0 bridgehead atoms. The summed E-state index contributed by atoms with van der Waals surface area (Å²) in [6.45, 7) is 1.85. The third-order valence-electron chi connectivity index (χ3n) is 4.68. The van der Waals surface area contributed by atoms with Gasteiger partial charge in [-0.3, -0.25) is 4.79 Å². The third-order valence-corrected chi connectivity index (χ3v) is 4.68. The first-order valence-corrected chi connectivity index (χ1v) is 8.12. The van der Waals surface area contributed by atoms with Gasteiger partial charge in [0.15, 0.2) is 0 Å². The van der Waals surface area contributed by atoms with Crippen LogP contribution in [0.4, 0.5) is 5.82 Å². The van der Waals surface area contributed by atoms with Crippen molar-refractivity contribution >= 4 is 11.7 Å². The fraction of sp³-hybridized carbons (Fsp3) is 0.500. The second-order valence-electron chi connectivity index (χ2n) is 6.38. The van der Waals surface area contributed by atoms with Crippen molar-refractivity contribution in [3.8, 4) is 0 Å². The van der Waals surface area contributed by atoms with Crippen molar-refractivity contribution in [2.75, 3.05) is 18.0 Å². The Balaban J connectivity index is 1.52. The van der Waals surface area contributed by atoms with E-state index in [1.807, 2.05) is 12.4 Å². The molecule has 1 amide bonds. The number of rotatable bonds is 4. The van der Waals surface area contributed by atoms with Crippen molar-refractivity contribution in [2.45, 2.75) is 37.6 Å². The quantitative estimate of drug-likeness (QED) is 0.923. The van der Waals surface area contributed by atoms with Gasteiger partial charge in [-0.25, -0.2) is 4.98 Å². The standard InChI is InChI=1S/C16H20N6O/c17-15(23)11-3-6-14(18-8-11)21-7-1-2-12(9-21)16-20-19-10-22(16)13-4-5-13/h3,6,8,10,12-13H,1-2,4-5,7,9H2,(H2,17,23). The van der Waals surface area contributed by atoms with E-state index in [2.05, 4.69) is 24.6 Å². The van der Waals surface area contributed by atoms with Crippen LogP contribution < -0.4 is 10.6 Å². The molecule has 7 nitrogen and oxygen atoms in total. The zero-order valence-corrected chi connectivity index (χ0v) is 12.9. The molecule has 1 saturated heterocycles. The number of nitrogens with two attached hydrogens (primary N) is 1. The van der Waals surface area contributed by atoms with Gasteiger partial charge in [0.1, 0.15) is 18.0 Å². The van der Waals surface area contributed by atoms with Gasteiger partial charge in [-0.2, -0.15) is 0 Å². The van der Waals surface area contributed by atoms with Crippen molar-refractivity contribution in [3.05, 3.63) is 36.0 Å². The molecule has 3 heterocycles. The van der Waals surface area contributed by atoms with Gasteiger partial charge >= 0.3 is 0 Å². The number of primary amides is 1. The Morgan fingerprint density at radius 2 is 2.13 bits per heavy atom. The lowest BCUT2D eigenvalue weighted by atomic mass is 9.97. The molecule has 1 saturated carbocycles. The molecule has 2 aromatic heterocycles. The highest BCUT2D eigenvalue weighted by atomic mass is 16.1. The topological polar surface area (TPSA) is 89.9 Å². The molecule has 2 aromatic rings. The van der Waals surface area contributed by atoms with Crippen molar-refractivity contribution in [3.63, 3.8) is 0 Å². The molecular weight excluding hydrogens is 292 g/mol. The first-order chi connectivity index (χ1) is 11.2. The van der Waals surface area contributed by atoms with Crippen molar-refractivity contribution < 1.29 is 4.79 Å². The molecule has 1 unspecified atom stereocenters. The number of anilines is 1. The van der Waals surface area contributed by atoms with Gasteiger partial charge in [0.2, 0.25) is 5.91 Å². The molecule has 0 aromatic carbocycles. The number of hydrogen-bond acceptors (Lipinski definition) is 5. The Labute approximate surface area is 134 Å². The minimum absolute atomic E-state index is 0.379. The number of piperidine rings is 1. The molecule has 0 radical (unpaired) electrons. The summed E-state index contributed by atoms with van der Waals surface area (Å²) in [6, 6.07) is 4.21. The molecule has 23 heavy (non-hydrogen) atoms. The molecule has 2 fully saturated rings. The van der Waals surface area contributed by atoms with Crippen LogP contribution in [0.3, 0.4) is 0 Å². The third kappa shape index (κ3) is 2.78. The van der Waals surface area contributed by atoms with Crippen LogP contribution in [-0.4, -0.2) is 38.7 Å². The lowest BCUT2D eigenvalue weighted by molar-refractivity contribution is 0.1000. The second kappa shape index (κ2) is 5.64. The van der Waals surface area contributed by atoms with E-state index in [1.54, 1.807) is 12.3 Å². The smallest absolute Gasteiger partial charge is 0.250 e. The lowest BCUT2D eigenvalue weighted by Crippen LogP contribution is -2.36. The number of hydrogen-bond donors (Lipinski definition) is 1. The summed E-state index contributed by atoms with van der Waals surface area (Å²) in [5.41, 5.74) is 5.71. The van der Waals surface area contributed by atoms with Crippen LogP contribution in [0.1, 0.15) is 53.8 Å². The van der Waals surface area contributed by atoms with E-state index in [-0.39, 0.29) is 0 Å². The zero-order chi connectivity index (χ0) is 15.8. The van der Waals surface area contributed by atoms with Crippen LogP contribution in [-0.2, 0) is 0 Å². The average molecular weight is 312 g/mol. The van der Waals surface area contributed by atoms with E-state index >= 15 is 0 Å². The van der Waals surface area contributed by atoms with Crippen molar-refractivity contribution in [2.24, 2.45) is 5.73 Å². The van der Waals surface area contributed by atoms with Crippen LogP contribution in [0.5, 0.6) is 0 Å². The number of carbonyl (C=O) groups is 1. The van der Waals surface area contributed by atoms with Gasteiger partial charge in [-0.05, 0) is 37.8 Å². The highest BCUT2D eigenvalue weighted by Crippen LogP contribution is 2.38. The predicted molar refractivity (Wildman–Crippen MR) is 85.2 cm³/mol. The molecule has 0 spiro atoms.